The van der Waals surface area contributed by atoms with Gasteiger partial charge in [0, 0.05) is 30.4 Å². The van der Waals surface area contributed by atoms with E-state index in [0.29, 0.717) is 22.5 Å². The highest BCUT2D eigenvalue weighted by Gasteiger charge is 2.72. The highest BCUT2D eigenvalue weighted by molar-refractivity contribution is 6.31. The SMILES string of the molecule is COCCN1C(=O)[C@H]2[C@H](C(=O)Nc3ccc(C)c(Cl)c3)[C@H]3C=C[C@@]2(O3)[C@@H]1C(=O)N[C@@H]1CCC[C@@H](C)[C@@H]1C. The normalized spacial score (nSPS) is 36.1. The van der Waals surface area contributed by atoms with Gasteiger partial charge < -0.3 is 25.0 Å². The van der Waals surface area contributed by atoms with E-state index in [0.717, 1.165) is 24.8 Å². The van der Waals surface area contributed by atoms with Gasteiger partial charge in [0.25, 0.3) is 0 Å². The summed E-state index contributed by atoms with van der Waals surface area (Å²) in [5.41, 5.74) is 0.272. The second-order valence-electron chi connectivity index (χ2n) is 11.1. The van der Waals surface area contributed by atoms with Crippen LogP contribution in [0, 0.1) is 30.6 Å². The van der Waals surface area contributed by atoms with E-state index in [2.05, 4.69) is 24.5 Å². The molecule has 8 atom stereocenters. The number of anilines is 1. The maximum atomic E-state index is 13.9. The molecule has 4 aliphatic rings. The van der Waals surface area contributed by atoms with Crippen molar-refractivity contribution in [2.24, 2.45) is 23.7 Å². The lowest BCUT2D eigenvalue weighted by atomic mass is 9.73. The third-order valence-corrected chi connectivity index (χ3v) is 9.34. The van der Waals surface area contributed by atoms with Crippen LogP contribution >= 0.6 is 11.6 Å². The summed E-state index contributed by atoms with van der Waals surface area (Å²) >= 11 is 6.25. The third-order valence-electron chi connectivity index (χ3n) is 8.94. The van der Waals surface area contributed by atoms with Crippen molar-refractivity contribution in [3.8, 4) is 0 Å². The number of halogens is 1. The number of hydrogen-bond donors (Lipinski definition) is 2. The second-order valence-corrected chi connectivity index (χ2v) is 11.5. The topological polar surface area (TPSA) is 97.0 Å². The first-order valence-electron chi connectivity index (χ1n) is 13.2. The van der Waals surface area contributed by atoms with E-state index in [-0.39, 0.29) is 36.9 Å². The van der Waals surface area contributed by atoms with Crippen molar-refractivity contribution in [1.29, 1.82) is 0 Å². The number of nitrogens with zero attached hydrogens (tertiary/aromatic N) is 1. The Hall–Kier alpha value is -2.42. The summed E-state index contributed by atoms with van der Waals surface area (Å²) in [6.07, 6.45) is 6.19. The minimum Gasteiger partial charge on any atom is -0.383 e. The van der Waals surface area contributed by atoms with Crippen molar-refractivity contribution in [2.45, 2.75) is 63.8 Å². The number of fused-ring (bicyclic) bond motifs is 1. The fourth-order valence-electron chi connectivity index (χ4n) is 6.64. The van der Waals surface area contributed by atoms with Gasteiger partial charge in [0.15, 0.2) is 0 Å². The lowest BCUT2D eigenvalue weighted by molar-refractivity contribution is -0.142. The number of carbonyl (C=O) groups excluding carboxylic acids is 3. The molecule has 37 heavy (non-hydrogen) atoms. The zero-order chi connectivity index (χ0) is 26.5. The Balaban J connectivity index is 1.42. The number of hydrogen-bond acceptors (Lipinski definition) is 5. The maximum Gasteiger partial charge on any atom is 0.246 e. The van der Waals surface area contributed by atoms with E-state index < -0.39 is 29.6 Å². The average molecular weight is 530 g/mol. The van der Waals surface area contributed by atoms with Gasteiger partial charge in [0.1, 0.15) is 11.6 Å². The summed E-state index contributed by atoms with van der Waals surface area (Å²) in [4.78, 5) is 42.8. The number of likely N-dealkylation sites (tertiary alicyclic amines) is 1. The molecule has 200 valence electrons. The van der Waals surface area contributed by atoms with E-state index >= 15 is 0 Å². The van der Waals surface area contributed by atoms with Gasteiger partial charge in [-0.15, -0.1) is 0 Å². The molecule has 2 N–H and O–H groups in total. The number of aryl methyl sites for hydroxylation is 1. The summed E-state index contributed by atoms with van der Waals surface area (Å²) < 4.78 is 11.6. The standard InChI is InChI=1S/C28H36ClN3O5/c1-15-6-5-7-20(17(15)3)31-26(34)24-28-11-10-21(37-28)22(23(28)27(35)32(24)12-13-36-4)25(33)30-18-9-8-16(2)19(29)14-18/h8-11,14-15,17,20-24H,5-7,12-13H2,1-4H3,(H,30,33)(H,31,34)/t15-,17+,20-,21-,22-,23-,24+,28+/m1/s1. The Morgan fingerprint density at radius 2 is 2.03 bits per heavy atom. The smallest absolute Gasteiger partial charge is 0.246 e. The monoisotopic (exact) mass is 529 g/mol. The Kier molecular flexibility index (Phi) is 7.11. The highest BCUT2D eigenvalue weighted by Crippen LogP contribution is 2.55. The Morgan fingerprint density at radius 1 is 1.24 bits per heavy atom. The molecule has 2 bridgehead atoms. The second kappa shape index (κ2) is 10.0. The van der Waals surface area contributed by atoms with Crippen LogP contribution in [0.25, 0.3) is 0 Å². The van der Waals surface area contributed by atoms with Crippen molar-refractivity contribution in [1.82, 2.24) is 10.2 Å². The van der Waals surface area contributed by atoms with Crippen LogP contribution in [-0.4, -0.2) is 66.7 Å². The molecule has 3 fully saturated rings. The molecule has 3 amide bonds. The fourth-order valence-corrected chi connectivity index (χ4v) is 6.82. The molecule has 0 unspecified atom stereocenters. The first-order chi connectivity index (χ1) is 17.7. The molecule has 1 aliphatic carbocycles. The van der Waals surface area contributed by atoms with E-state index in [9.17, 15) is 14.4 Å². The van der Waals surface area contributed by atoms with Crippen LogP contribution in [0.4, 0.5) is 5.69 Å². The Bertz CT molecular complexity index is 1130. The fraction of sp³-hybridized carbons (Fsp3) is 0.607. The number of methoxy groups -OCH3 is 1. The van der Waals surface area contributed by atoms with E-state index in [4.69, 9.17) is 21.1 Å². The van der Waals surface area contributed by atoms with Crippen LogP contribution < -0.4 is 10.6 Å². The van der Waals surface area contributed by atoms with Crippen LogP contribution in [0.5, 0.6) is 0 Å². The van der Waals surface area contributed by atoms with Crippen LogP contribution in [0.15, 0.2) is 30.4 Å². The average Bonchev–Trinajstić information content (AvgIpc) is 3.50. The van der Waals surface area contributed by atoms with Gasteiger partial charge >= 0.3 is 0 Å². The molecule has 5 rings (SSSR count). The van der Waals surface area contributed by atoms with Crippen molar-refractivity contribution in [3.05, 3.63) is 40.9 Å². The zero-order valence-corrected chi connectivity index (χ0v) is 22.6. The minimum atomic E-state index is -1.18. The summed E-state index contributed by atoms with van der Waals surface area (Å²) in [6, 6.07) is 4.48. The van der Waals surface area contributed by atoms with Gasteiger partial charge in [-0.3, -0.25) is 14.4 Å². The van der Waals surface area contributed by atoms with E-state index in [1.807, 2.05) is 25.1 Å². The van der Waals surface area contributed by atoms with Gasteiger partial charge in [-0.05, 0) is 42.9 Å². The Labute approximate surface area is 223 Å². The molecule has 0 radical (unpaired) electrons. The van der Waals surface area contributed by atoms with Gasteiger partial charge in [-0.1, -0.05) is 56.5 Å². The predicted molar refractivity (Wildman–Crippen MR) is 140 cm³/mol. The number of rotatable bonds is 7. The molecule has 3 aliphatic heterocycles. The van der Waals surface area contributed by atoms with Crippen LogP contribution in [-0.2, 0) is 23.9 Å². The molecule has 3 heterocycles. The molecular weight excluding hydrogens is 494 g/mol. The Morgan fingerprint density at radius 3 is 2.76 bits per heavy atom. The number of carbonyl (C=O) groups is 3. The molecule has 9 heteroatoms. The highest BCUT2D eigenvalue weighted by atomic mass is 35.5. The summed E-state index contributed by atoms with van der Waals surface area (Å²) in [5, 5.41) is 6.71. The predicted octanol–water partition coefficient (Wildman–Crippen LogP) is 3.32. The number of nitrogens with one attached hydrogen (secondary N) is 2. The molecule has 8 nitrogen and oxygen atoms in total. The largest absolute Gasteiger partial charge is 0.383 e. The third kappa shape index (κ3) is 4.37. The van der Waals surface area contributed by atoms with Gasteiger partial charge in [0.05, 0.1) is 24.5 Å². The number of ether oxygens (including phenoxy) is 2. The van der Waals surface area contributed by atoms with Gasteiger partial charge in [-0.25, -0.2) is 0 Å². The molecule has 0 aromatic heterocycles. The van der Waals surface area contributed by atoms with Crippen molar-refractivity contribution >= 4 is 35.0 Å². The van der Waals surface area contributed by atoms with Crippen LogP contribution in [0.1, 0.15) is 38.7 Å². The summed E-state index contributed by atoms with van der Waals surface area (Å²) in [7, 11) is 1.56. The summed E-state index contributed by atoms with van der Waals surface area (Å²) in [6.45, 7) is 6.80. The van der Waals surface area contributed by atoms with Gasteiger partial charge in [0.2, 0.25) is 17.7 Å². The van der Waals surface area contributed by atoms with E-state index in [1.165, 1.54) is 0 Å². The first kappa shape index (κ1) is 26.2. The maximum absolute atomic E-state index is 13.9. The number of amides is 3. The molecule has 2 saturated heterocycles. The molecular formula is C28H36ClN3O5. The van der Waals surface area contributed by atoms with Crippen LogP contribution in [0.3, 0.4) is 0 Å². The lowest BCUT2D eigenvalue weighted by Gasteiger charge is -2.38. The van der Waals surface area contributed by atoms with Crippen LogP contribution in [0.2, 0.25) is 5.02 Å². The number of benzene rings is 1. The molecule has 1 saturated carbocycles. The van der Waals surface area contributed by atoms with Gasteiger partial charge in [-0.2, -0.15) is 0 Å². The van der Waals surface area contributed by atoms with Crippen molar-refractivity contribution < 1.29 is 23.9 Å². The molecule has 1 aromatic carbocycles. The summed E-state index contributed by atoms with van der Waals surface area (Å²) in [5.74, 6) is -1.50. The quantitative estimate of drug-likeness (QED) is 0.528. The van der Waals surface area contributed by atoms with E-state index in [1.54, 1.807) is 24.1 Å². The van der Waals surface area contributed by atoms with Crippen molar-refractivity contribution in [3.63, 3.8) is 0 Å². The first-order valence-corrected chi connectivity index (χ1v) is 13.6. The lowest BCUT2D eigenvalue weighted by Crippen LogP contribution is -2.58. The van der Waals surface area contributed by atoms with Crippen molar-refractivity contribution in [2.75, 3.05) is 25.6 Å². The molecule has 1 aromatic rings. The minimum absolute atomic E-state index is 0.0408. The zero-order valence-electron chi connectivity index (χ0n) is 21.8. The molecule has 1 spiro atoms.